The van der Waals surface area contributed by atoms with E-state index in [4.69, 9.17) is 0 Å². The molecule has 0 saturated carbocycles. The molecule has 2 rings (SSSR count). The summed E-state index contributed by atoms with van der Waals surface area (Å²) in [5.41, 5.74) is 1.32. The Labute approximate surface area is 250 Å². The average Bonchev–Trinajstić information content (AvgIpc) is 2.95. The third-order valence-electron chi connectivity index (χ3n) is 6.44. The maximum atomic E-state index is 13.5. The largest absolute Gasteiger partial charge is 0.508 e. The minimum absolute atomic E-state index is 0.00725. The topological polar surface area (TPSA) is 174 Å². The molecule has 2 aromatic rings. The van der Waals surface area contributed by atoms with Crippen molar-refractivity contribution in [1.29, 1.82) is 0 Å². The molecule has 228 valence electrons. The maximum absolute atomic E-state index is 13.5. The molecule has 0 saturated heterocycles. The molecule has 2 aromatic carbocycles. The number of carboxylic acids is 1. The van der Waals surface area contributed by atoms with E-state index in [-0.39, 0.29) is 30.9 Å². The van der Waals surface area contributed by atoms with Gasteiger partial charge in [-0.1, -0.05) is 56.3 Å². The van der Waals surface area contributed by atoms with Gasteiger partial charge in [0, 0.05) is 12.8 Å². The molecule has 4 atom stereocenters. The van der Waals surface area contributed by atoms with Crippen molar-refractivity contribution in [2.24, 2.45) is 5.92 Å². The Morgan fingerprint density at radius 1 is 0.786 bits per heavy atom. The molecule has 12 heteroatoms. The summed E-state index contributed by atoms with van der Waals surface area (Å²) in [6.07, 6.45) is 3.00. The van der Waals surface area contributed by atoms with Gasteiger partial charge in [-0.3, -0.25) is 19.2 Å². The zero-order chi connectivity index (χ0) is 31.1. The summed E-state index contributed by atoms with van der Waals surface area (Å²) in [4.78, 5) is 63.0. The minimum Gasteiger partial charge on any atom is -0.508 e. The van der Waals surface area contributed by atoms with Crippen LogP contribution in [0.1, 0.15) is 37.8 Å². The van der Waals surface area contributed by atoms with E-state index >= 15 is 0 Å². The fourth-order valence-electron chi connectivity index (χ4n) is 4.25. The predicted molar refractivity (Wildman–Crippen MR) is 161 cm³/mol. The average molecular weight is 601 g/mol. The Kier molecular flexibility index (Phi) is 14.4. The zero-order valence-corrected chi connectivity index (χ0v) is 24.9. The highest BCUT2D eigenvalue weighted by Crippen LogP contribution is 2.13. The van der Waals surface area contributed by atoms with E-state index in [9.17, 15) is 34.2 Å². The number of benzene rings is 2. The van der Waals surface area contributed by atoms with Gasteiger partial charge in [0.1, 0.15) is 29.9 Å². The number of rotatable bonds is 18. The fraction of sp³-hybridized carbons (Fsp3) is 0.433. The smallest absolute Gasteiger partial charge is 0.326 e. The van der Waals surface area contributed by atoms with Crippen molar-refractivity contribution >= 4 is 41.9 Å². The number of thioether (sulfide) groups is 1. The lowest BCUT2D eigenvalue weighted by atomic mass is 10.00. The molecule has 0 aliphatic rings. The molecular weight excluding hydrogens is 560 g/mol. The van der Waals surface area contributed by atoms with Crippen LogP contribution in [0.5, 0.6) is 5.75 Å². The Morgan fingerprint density at radius 3 is 1.88 bits per heavy atom. The summed E-state index contributed by atoms with van der Waals surface area (Å²) >= 11 is 1.52. The number of carbonyl (C=O) groups is 5. The molecule has 6 N–H and O–H groups in total. The van der Waals surface area contributed by atoms with E-state index in [2.05, 4.69) is 21.3 Å². The van der Waals surface area contributed by atoms with Crippen LogP contribution in [0, 0.1) is 5.92 Å². The quantitative estimate of drug-likeness (QED) is 0.140. The highest BCUT2D eigenvalue weighted by atomic mass is 32.2. The number of hydrogen-bond acceptors (Lipinski definition) is 7. The number of carboxylic acid groups (broad SMARTS) is 1. The third kappa shape index (κ3) is 11.8. The van der Waals surface area contributed by atoms with Crippen LogP contribution in [0.15, 0.2) is 54.6 Å². The lowest BCUT2D eigenvalue weighted by molar-refractivity contribution is -0.142. The first kappa shape index (κ1) is 34.1. The van der Waals surface area contributed by atoms with Crippen molar-refractivity contribution in [3.63, 3.8) is 0 Å². The van der Waals surface area contributed by atoms with E-state index in [0.29, 0.717) is 24.1 Å². The Morgan fingerprint density at radius 2 is 1.31 bits per heavy atom. The van der Waals surface area contributed by atoms with Crippen LogP contribution in [0.25, 0.3) is 0 Å². The van der Waals surface area contributed by atoms with Gasteiger partial charge in [0.2, 0.25) is 24.1 Å². The van der Waals surface area contributed by atoms with Crippen LogP contribution in [-0.4, -0.2) is 76.5 Å². The zero-order valence-electron chi connectivity index (χ0n) is 24.0. The van der Waals surface area contributed by atoms with Crippen LogP contribution >= 0.6 is 11.8 Å². The van der Waals surface area contributed by atoms with Crippen molar-refractivity contribution in [3.8, 4) is 5.75 Å². The van der Waals surface area contributed by atoms with E-state index in [1.54, 1.807) is 36.4 Å². The number of amides is 4. The highest BCUT2D eigenvalue weighted by molar-refractivity contribution is 7.98. The lowest BCUT2D eigenvalue weighted by Crippen LogP contribution is -2.58. The number of carbonyl (C=O) groups excluding carboxylic acids is 4. The van der Waals surface area contributed by atoms with Crippen LogP contribution < -0.4 is 21.3 Å². The summed E-state index contributed by atoms with van der Waals surface area (Å²) in [6, 6.07) is 10.7. The SMILES string of the molecule is CSCC[C@H](NC=O)C(=O)N[C@@H](CC(C)C)C(=O)N[C@@H](Cc1ccccc1)C(=O)NC(Cc1ccc(O)cc1)C(=O)O. The molecule has 42 heavy (non-hydrogen) atoms. The van der Waals surface area contributed by atoms with E-state index in [1.807, 2.05) is 26.2 Å². The second kappa shape index (κ2) is 17.7. The van der Waals surface area contributed by atoms with E-state index in [1.165, 1.54) is 23.9 Å². The second-order valence-electron chi connectivity index (χ2n) is 10.3. The molecule has 11 nitrogen and oxygen atoms in total. The highest BCUT2D eigenvalue weighted by Gasteiger charge is 2.31. The standard InChI is InChI=1S/C30H40N4O7S/c1-19(2)15-24(32-27(37)23(31-18-35)13-14-42-3)28(38)33-25(16-20-7-5-4-6-8-20)29(39)34-26(30(40)41)17-21-9-11-22(36)12-10-21/h4-12,18-19,23-26,36H,13-17H2,1-3H3,(H,31,35)(H,32,37)(H,33,38)(H,34,39)(H,40,41)/t23-,24-,25-,26?/m0/s1. The third-order valence-corrected chi connectivity index (χ3v) is 7.09. The predicted octanol–water partition coefficient (Wildman–Crippen LogP) is 1.63. The molecule has 0 radical (unpaired) electrons. The van der Waals surface area contributed by atoms with Gasteiger partial charge in [-0.05, 0) is 54.0 Å². The van der Waals surface area contributed by atoms with Crippen LogP contribution in [0.3, 0.4) is 0 Å². The summed E-state index contributed by atoms with van der Waals surface area (Å²) in [5.74, 6) is -2.42. The first-order valence-corrected chi connectivity index (χ1v) is 15.1. The molecule has 0 heterocycles. The fourth-order valence-corrected chi connectivity index (χ4v) is 4.73. The Balaban J connectivity index is 2.26. The number of aromatic hydroxyl groups is 1. The van der Waals surface area contributed by atoms with Gasteiger partial charge in [-0.15, -0.1) is 0 Å². The number of phenolic OH excluding ortho intramolecular Hbond substituents is 1. The van der Waals surface area contributed by atoms with Gasteiger partial charge in [0.25, 0.3) is 0 Å². The Bertz CT molecular complexity index is 1180. The van der Waals surface area contributed by atoms with Gasteiger partial charge in [-0.2, -0.15) is 11.8 Å². The Hall–Kier alpha value is -4.06. The number of phenols is 1. The van der Waals surface area contributed by atoms with Crippen molar-refractivity contribution in [3.05, 3.63) is 65.7 Å². The van der Waals surface area contributed by atoms with Crippen LogP contribution in [0.4, 0.5) is 0 Å². The van der Waals surface area contributed by atoms with Crippen LogP contribution in [-0.2, 0) is 36.8 Å². The normalized spacial score (nSPS) is 13.7. The number of hydrogen-bond donors (Lipinski definition) is 6. The lowest BCUT2D eigenvalue weighted by Gasteiger charge is -2.26. The summed E-state index contributed by atoms with van der Waals surface area (Å²) in [6.45, 7) is 3.77. The van der Waals surface area contributed by atoms with Crippen molar-refractivity contribution in [2.45, 2.75) is 63.7 Å². The minimum atomic E-state index is -1.30. The van der Waals surface area contributed by atoms with E-state index in [0.717, 1.165) is 5.56 Å². The molecule has 0 bridgehead atoms. The molecule has 0 aliphatic heterocycles. The van der Waals surface area contributed by atoms with Gasteiger partial charge >= 0.3 is 5.97 Å². The van der Waals surface area contributed by atoms with Gasteiger partial charge < -0.3 is 31.5 Å². The van der Waals surface area contributed by atoms with E-state index < -0.39 is 47.9 Å². The summed E-state index contributed by atoms with van der Waals surface area (Å²) < 4.78 is 0. The molecule has 4 amide bonds. The van der Waals surface area contributed by atoms with Crippen LogP contribution in [0.2, 0.25) is 0 Å². The molecule has 1 unspecified atom stereocenters. The second-order valence-corrected chi connectivity index (χ2v) is 11.3. The first-order valence-electron chi connectivity index (χ1n) is 13.7. The molecule has 0 spiro atoms. The van der Waals surface area contributed by atoms with Gasteiger partial charge in [0.15, 0.2) is 0 Å². The molecular formula is C30H40N4O7S. The van der Waals surface area contributed by atoms with Gasteiger partial charge in [0.05, 0.1) is 0 Å². The number of nitrogens with one attached hydrogen (secondary N) is 4. The molecule has 0 fully saturated rings. The summed E-state index contributed by atoms with van der Waals surface area (Å²) in [5, 5.41) is 29.8. The molecule has 0 aromatic heterocycles. The van der Waals surface area contributed by atoms with Crippen molar-refractivity contribution < 1.29 is 34.2 Å². The summed E-state index contributed by atoms with van der Waals surface area (Å²) in [7, 11) is 0. The number of aliphatic carboxylic acids is 1. The maximum Gasteiger partial charge on any atom is 0.326 e. The van der Waals surface area contributed by atoms with Crippen molar-refractivity contribution in [2.75, 3.05) is 12.0 Å². The molecule has 0 aliphatic carbocycles. The first-order chi connectivity index (χ1) is 20.0. The van der Waals surface area contributed by atoms with Crippen molar-refractivity contribution in [1.82, 2.24) is 21.3 Å². The van der Waals surface area contributed by atoms with Gasteiger partial charge in [-0.25, -0.2) is 4.79 Å². The monoisotopic (exact) mass is 600 g/mol.